The molecule has 2 rings (SSSR count). The van der Waals surface area contributed by atoms with Gasteiger partial charge in [0, 0.05) is 6.04 Å². The maximum Gasteiger partial charge on any atom is 0.161 e. The van der Waals surface area contributed by atoms with E-state index in [0.29, 0.717) is 19.1 Å². The van der Waals surface area contributed by atoms with Gasteiger partial charge in [0.1, 0.15) is 13.2 Å². The molecule has 1 aliphatic rings. The second kappa shape index (κ2) is 4.74. The summed E-state index contributed by atoms with van der Waals surface area (Å²) in [6, 6.07) is 6.06. The number of ether oxygens (including phenoxy) is 2. The molecular formula is C13H19NO2. The van der Waals surface area contributed by atoms with Crippen LogP contribution in [0.15, 0.2) is 18.2 Å². The van der Waals surface area contributed by atoms with Gasteiger partial charge >= 0.3 is 0 Å². The van der Waals surface area contributed by atoms with Gasteiger partial charge in [-0.2, -0.15) is 0 Å². The minimum atomic E-state index is 0.0795. The second-order valence-corrected chi connectivity index (χ2v) is 4.64. The first-order chi connectivity index (χ1) is 7.66. The van der Waals surface area contributed by atoms with E-state index in [4.69, 9.17) is 15.2 Å². The molecule has 2 N–H and O–H groups in total. The molecule has 16 heavy (non-hydrogen) atoms. The minimum Gasteiger partial charge on any atom is -0.486 e. The summed E-state index contributed by atoms with van der Waals surface area (Å²) in [6.45, 7) is 5.61. The third kappa shape index (κ3) is 2.47. The Kier molecular flexibility index (Phi) is 3.34. The molecule has 0 amide bonds. The summed E-state index contributed by atoms with van der Waals surface area (Å²) in [4.78, 5) is 0. The van der Waals surface area contributed by atoms with Crippen LogP contribution in [0.5, 0.6) is 11.5 Å². The molecule has 0 saturated heterocycles. The molecule has 0 bridgehead atoms. The summed E-state index contributed by atoms with van der Waals surface area (Å²) in [5.74, 6) is 2.25. The highest BCUT2D eigenvalue weighted by molar-refractivity contribution is 5.44. The van der Waals surface area contributed by atoms with Crippen molar-refractivity contribution in [3.8, 4) is 11.5 Å². The topological polar surface area (TPSA) is 44.5 Å². The molecule has 1 aliphatic heterocycles. The zero-order valence-electron chi connectivity index (χ0n) is 9.90. The van der Waals surface area contributed by atoms with Crippen molar-refractivity contribution in [2.24, 2.45) is 11.7 Å². The van der Waals surface area contributed by atoms with Gasteiger partial charge in [-0.05, 0) is 30.0 Å². The highest BCUT2D eigenvalue weighted by atomic mass is 16.6. The van der Waals surface area contributed by atoms with Crippen molar-refractivity contribution in [2.75, 3.05) is 13.2 Å². The van der Waals surface area contributed by atoms with Crippen LogP contribution < -0.4 is 15.2 Å². The van der Waals surface area contributed by atoms with Crippen molar-refractivity contribution in [1.82, 2.24) is 0 Å². The average molecular weight is 221 g/mol. The van der Waals surface area contributed by atoms with Gasteiger partial charge in [0.05, 0.1) is 0 Å². The van der Waals surface area contributed by atoms with E-state index < -0.39 is 0 Å². The standard InChI is InChI=1S/C13H19NO2/c1-9(2)7-11(14)10-3-4-12-13(8-10)16-6-5-15-12/h3-4,8-9,11H,5-7,14H2,1-2H3/t11-/m1/s1. The van der Waals surface area contributed by atoms with E-state index in [1.807, 2.05) is 18.2 Å². The van der Waals surface area contributed by atoms with Crippen molar-refractivity contribution in [3.05, 3.63) is 23.8 Å². The van der Waals surface area contributed by atoms with Crippen molar-refractivity contribution < 1.29 is 9.47 Å². The van der Waals surface area contributed by atoms with E-state index >= 15 is 0 Å². The monoisotopic (exact) mass is 221 g/mol. The Balaban J connectivity index is 2.16. The minimum absolute atomic E-state index is 0.0795. The van der Waals surface area contributed by atoms with Crippen molar-refractivity contribution in [1.29, 1.82) is 0 Å². The SMILES string of the molecule is CC(C)C[C@@H](N)c1ccc2c(c1)OCCO2. The van der Waals surface area contributed by atoms with Crippen molar-refractivity contribution in [2.45, 2.75) is 26.3 Å². The van der Waals surface area contributed by atoms with Crippen LogP contribution >= 0.6 is 0 Å². The Morgan fingerprint density at radius 1 is 1.19 bits per heavy atom. The molecule has 0 unspecified atom stereocenters. The molecule has 0 spiro atoms. The van der Waals surface area contributed by atoms with Gasteiger partial charge in [-0.3, -0.25) is 0 Å². The fourth-order valence-corrected chi connectivity index (χ4v) is 1.93. The molecule has 1 atom stereocenters. The lowest BCUT2D eigenvalue weighted by Crippen LogP contribution is -2.17. The van der Waals surface area contributed by atoms with Gasteiger partial charge in [0.2, 0.25) is 0 Å². The van der Waals surface area contributed by atoms with E-state index in [2.05, 4.69) is 13.8 Å². The van der Waals surface area contributed by atoms with Crippen LogP contribution in [0.1, 0.15) is 31.9 Å². The number of benzene rings is 1. The molecule has 0 aromatic heterocycles. The number of hydrogen-bond acceptors (Lipinski definition) is 3. The Hall–Kier alpha value is -1.22. The molecule has 0 fully saturated rings. The predicted molar refractivity (Wildman–Crippen MR) is 63.8 cm³/mol. The first-order valence-corrected chi connectivity index (χ1v) is 5.82. The first-order valence-electron chi connectivity index (χ1n) is 5.82. The van der Waals surface area contributed by atoms with E-state index in [1.165, 1.54) is 0 Å². The molecule has 1 aromatic rings. The Morgan fingerprint density at radius 2 is 1.88 bits per heavy atom. The predicted octanol–water partition coefficient (Wildman–Crippen LogP) is 2.50. The molecule has 0 aliphatic carbocycles. The Bertz CT molecular complexity index is 363. The molecule has 3 nitrogen and oxygen atoms in total. The van der Waals surface area contributed by atoms with E-state index in [9.17, 15) is 0 Å². The van der Waals surface area contributed by atoms with Crippen molar-refractivity contribution >= 4 is 0 Å². The molecule has 3 heteroatoms. The highest BCUT2D eigenvalue weighted by Crippen LogP contribution is 2.33. The number of fused-ring (bicyclic) bond motifs is 1. The molecular weight excluding hydrogens is 202 g/mol. The largest absolute Gasteiger partial charge is 0.486 e. The summed E-state index contributed by atoms with van der Waals surface area (Å²) in [5, 5.41) is 0. The summed E-state index contributed by atoms with van der Waals surface area (Å²) in [7, 11) is 0. The molecule has 1 aromatic carbocycles. The van der Waals surface area contributed by atoms with Crippen LogP contribution in [-0.4, -0.2) is 13.2 Å². The van der Waals surface area contributed by atoms with Gasteiger partial charge in [-0.1, -0.05) is 19.9 Å². The second-order valence-electron chi connectivity index (χ2n) is 4.64. The van der Waals surface area contributed by atoms with Gasteiger partial charge in [0.25, 0.3) is 0 Å². The quantitative estimate of drug-likeness (QED) is 0.853. The first kappa shape index (κ1) is 11.3. The average Bonchev–Trinajstić information content (AvgIpc) is 2.27. The van der Waals surface area contributed by atoms with Crippen LogP contribution in [-0.2, 0) is 0 Å². The lowest BCUT2D eigenvalue weighted by Gasteiger charge is -2.21. The van der Waals surface area contributed by atoms with Crippen molar-refractivity contribution in [3.63, 3.8) is 0 Å². The molecule has 0 saturated carbocycles. The number of rotatable bonds is 3. The summed E-state index contributed by atoms with van der Waals surface area (Å²) >= 11 is 0. The lowest BCUT2D eigenvalue weighted by atomic mass is 9.97. The van der Waals surface area contributed by atoms with E-state index in [0.717, 1.165) is 23.5 Å². The van der Waals surface area contributed by atoms with Gasteiger partial charge in [-0.15, -0.1) is 0 Å². The van der Waals surface area contributed by atoms with Crippen LogP contribution in [0.25, 0.3) is 0 Å². The smallest absolute Gasteiger partial charge is 0.161 e. The lowest BCUT2D eigenvalue weighted by molar-refractivity contribution is 0.171. The van der Waals surface area contributed by atoms with Gasteiger partial charge in [0.15, 0.2) is 11.5 Å². The third-order valence-corrected chi connectivity index (χ3v) is 2.72. The summed E-state index contributed by atoms with van der Waals surface area (Å²) in [6.07, 6.45) is 0.986. The zero-order valence-corrected chi connectivity index (χ0v) is 9.90. The number of nitrogens with two attached hydrogens (primary N) is 1. The Morgan fingerprint density at radius 3 is 2.56 bits per heavy atom. The number of hydrogen-bond donors (Lipinski definition) is 1. The van der Waals surface area contributed by atoms with Crippen LogP contribution in [0, 0.1) is 5.92 Å². The fraction of sp³-hybridized carbons (Fsp3) is 0.538. The van der Waals surface area contributed by atoms with Crippen LogP contribution in [0.3, 0.4) is 0 Å². The molecule has 0 radical (unpaired) electrons. The van der Waals surface area contributed by atoms with E-state index in [-0.39, 0.29) is 6.04 Å². The van der Waals surface area contributed by atoms with Gasteiger partial charge < -0.3 is 15.2 Å². The summed E-state index contributed by atoms with van der Waals surface area (Å²) in [5.41, 5.74) is 7.26. The third-order valence-electron chi connectivity index (χ3n) is 2.72. The Labute approximate surface area is 96.5 Å². The summed E-state index contributed by atoms with van der Waals surface area (Å²) < 4.78 is 11.0. The molecule has 88 valence electrons. The maximum atomic E-state index is 6.13. The van der Waals surface area contributed by atoms with Crippen LogP contribution in [0.4, 0.5) is 0 Å². The van der Waals surface area contributed by atoms with E-state index in [1.54, 1.807) is 0 Å². The zero-order chi connectivity index (χ0) is 11.5. The normalized spacial score (nSPS) is 16.2. The highest BCUT2D eigenvalue weighted by Gasteiger charge is 2.15. The van der Waals surface area contributed by atoms with Gasteiger partial charge in [-0.25, -0.2) is 0 Å². The van der Waals surface area contributed by atoms with Crippen LogP contribution in [0.2, 0.25) is 0 Å². The fourth-order valence-electron chi connectivity index (χ4n) is 1.93. The maximum absolute atomic E-state index is 6.13. The molecule has 1 heterocycles.